The van der Waals surface area contributed by atoms with Crippen molar-refractivity contribution in [3.8, 4) is 0 Å². The monoisotopic (exact) mass is 670 g/mol. The van der Waals surface area contributed by atoms with Crippen molar-refractivity contribution < 1.29 is 48.8 Å². The molecular formula is C29H53FN3O9S2+. The Bertz CT molecular complexity index is 1120. The van der Waals surface area contributed by atoms with Gasteiger partial charge in [-0.1, -0.05) is 83.7 Å². The Labute approximate surface area is 263 Å². The Hall–Kier alpha value is -2.33. The van der Waals surface area contributed by atoms with Gasteiger partial charge in [0.05, 0.1) is 32.4 Å². The fourth-order valence-electron chi connectivity index (χ4n) is 4.45. The molecule has 1 aromatic rings. The number of nitrogens with zero attached hydrogens (tertiary/aromatic N) is 1. The molecule has 1 aromatic carbocycles. The minimum Gasteiger partial charge on any atom is -0.445 e. The van der Waals surface area contributed by atoms with Crippen LogP contribution in [0.25, 0.3) is 0 Å². The maximum Gasteiger partial charge on any atom is 0.408 e. The molecule has 0 spiro atoms. The van der Waals surface area contributed by atoms with Gasteiger partial charge in [-0.2, -0.15) is 16.8 Å². The molecule has 2 amide bonds. The van der Waals surface area contributed by atoms with Crippen LogP contribution in [0.4, 0.5) is 9.18 Å². The first-order valence-electron chi connectivity index (χ1n) is 15.2. The molecule has 0 radical (unpaired) electrons. The number of quaternary nitrogens is 1. The minimum absolute atomic E-state index is 0.244. The average Bonchev–Trinajstić information content (AvgIpc) is 2.96. The second kappa shape index (κ2) is 22.2. The zero-order valence-corrected chi connectivity index (χ0v) is 28.4. The van der Waals surface area contributed by atoms with Crippen LogP contribution in [0.15, 0.2) is 30.3 Å². The number of rotatable bonds is 21. The molecular weight excluding hydrogens is 617 g/mol. The number of benzene rings is 1. The first-order chi connectivity index (χ1) is 20.7. The molecule has 44 heavy (non-hydrogen) atoms. The van der Waals surface area contributed by atoms with Gasteiger partial charge >= 0.3 is 16.4 Å². The lowest BCUT2D eigenvalue weighted by Crippen LogP contribution is -2.56. The van der Waals surface area contributed by atoms with Crippen LogP contribution in [-0.2, 0) is 40.7 Å². The number of hydrogen-bond acceptors (Lipinski definition) is 8. The maximum atomic E-state index is 13.2. The van der Waals surface area contributed by atoms with E-state index in [-0.39, 0.29) is 6.61 Å². The number of ether oxygens (including phenoxy) is 1. The molecule has 0 heterocycles. The first-order valence-corrected chi connectivity index (χ1v) is 18.5. The van der Waals surface area contributed by atoms with Crippen LogP contribution in [0.2, 0.25) is 0 Å². The zero-order chi connectivity index (χ0) is 33.7. The summed E-state index contributed by atoms with van der Waals surface area (Å²) in [6, 6.07) is 6.14. The predicted octanol–water partition coefficient (Wildman–Crippen LogP) is 4.52. The number of hydrogen-bond donors (Lipinski definition) is 3. The standard InChI is InChI=1S/C16H36N.C13H17FN2O9S2/c1-5-9-13-17(14-10-6-2,15-11-7-3)16-12-8-4;1-26(19,20)25-10(7-14)11(12(17)16-27(21,22)23)15-13(18)24-8-9-5-3-2-4-6-9/h5-16H2,1-4H3;2-6,10-11H,7-8H2,1H3,(H,15,18)(H,16,17)(H,21,22,23)/q+1;/t;10-,11+/m.1/s1. The maximum absolute atomic E-state index is 13.2. The second-order valence-electron chi connectivity index (χ2n) is 10.8. The van der Waals surface area contributed by atoms with Gasteiger partial charge in [0.1, 0.15) is 25.4 Å². The smallest absolute Gasteiger partial charge is 0.408 e. The number of nitrogens with one attached hydrogen (secondary N) is 2. The van der Waals surface area contributed by atoms with Gasteiger partial charge in [-0.15, -0.1) is 0 Å². The molecule has 0 aliphatic carbocycles. The zero-order valence-electron chi connectivity index (χ0n) is 26.8. The van der Waals surface area contributed by atoms with Crippen LogP contribution in [0.1, 0.15) is 84.6 Å². The summed E-state index contributed by atoms with van der Waals surface area (Å²) >= 11 is 0. The highest BCUT2D eigenvalue weighted by atomic mass is 32.2. The van der Waals surface area contributed by atoms with Gasteiger partial charge in [-0.3, -0.25) is 13.5 Å². The lowest BCUT2D eigenvalue weighted by molar-refractivity contribution is -0.929. The highest BCUT2D eigenvalue weighted by Crippen LogP contribution is 2.16. The van der Waals surface area contributed by atoms with Crippen LogP contribution in [0.5, 0.6) is 0 Å². The van der Waals surface area contributed by atoms with Gasteiger partial charge in [0, 0.05) is 0 Å². The van der Waals surface area contributed by atoms with E-state index in [4.69, 9.17) is 9.29 Å². The molecule has 12 nitrogen and oxygen atoms in total. The molecule has 0 bridgehead atoms. The van der Waals surface area contributed by atoms with Crippen LogP contribution in [0.3, 0.4) is 0 Å². The first kappa shape index (κ1) is 41.7. The average molecular weight is 671 g/mol. The second-order valence-corrected chi connectivity index (χ2v) is 13.5. The number of carbonyl (C=O) groups excluding carboxylic acids is 2. The van der Waals surface area contributed by atoms with Crippen molar-refractivity contribution in [3.05, 3.63) is 35.9 Å². The summed E-state index contributed by atoms with van der Waals surface area (Å²) in [5.41, 5.74) is 0.570. The van der Waals surface area contributed by atoms with E-state index in [2.05, 4.69) is 31.9 Å². The molecule has 2 atom stereocenters. The molecule has 0 saturated carbocycles. The fraction of sp³-hybridized carbons (Fsp3) is 0.724. The van der Waals surface area contributed by atoms with E-state index in [0.29, 0.717) is 11.8 Å². The Morgan fingerprint density at radius 1 is 0.864 bits per heavy atom. The molecule has 0 aliphatic heterocycles. The van der Waals surface area contributed by atoms with Crippen LogP contribution < -0.4 is 10.0 Å². The van der Waals surface area contributed by atoms with Crippen molar-refractivity contribution in [2.45, 2.75) is 97.8 Å². The summed E-state index contributed by atoms with van der Waals surface area (Å²) in [6.07, 6.45) is 8.23. The Morgan fingerprint density at radius 2 is 1.32 bits per heavy atom. The van der Waals surface area contributed by atoms with E-state index in [9.17, 15) is 30.8 Å². The van der Waals surface area contributed by atoms with Crippen LogP contribution in [-0.4, -0.2) is 89.1 Å². The highest BCUT2D eigenvalue weighted by molar-refractivity contribution is 7.86. The third-order valence-electron chi connectivity index (χ3n) is 6.76. The fourth-order valence-corrected chi connectivity index (χ4v) is 5.44. The van der Waals surface area contributed by atoms with E-state index < -0.39 is 51.2 Å². The highest BCUT2D eigenvalue weighted by Gasteiger charge is 2.35. The summed E-state index contributed by atoms with van der Waals surface area (Å²) in [7, 11) is -9.34. The summed E-state index contributed by atoms with van der Waals surface area (Å²) in [4.78, 5) is 23.7. The molecule has 0 saturated heterocycles. The predicted molar refractivity (Wildman–Crippen MR) is 168 cm³/mol. The van der Waals surface area contributed by atoms with Gasteiger partial charge in [0.15, 0.2) is 0 Å². The molecule has 15 heteroatoms. The van der Waals surface area contributed by atoms with E-state index in [0.717, 1.165) is 4.72 Å². The molecule has 0 unspecified atom stereocenters. The largest absolute Gasteiger partial charge is 0.445 e. The van der Waals surface area contributed by atoms with Gasteiger partial charge in [0.25, 0.3) is 16.0 Å². The van der Waals surface area contributed by atoms with E-state index in [1.54, 1.807) is 35.6 Å². The molecule has 256 valence electrons. The quantitative estimate of drug-likeness (QED) is 0.0969. The minimum atomic E-state index is -5.06. The third-order valence-corrected chi connectivity index (χ3v) is 7.82. The summed E-state index contributed by atoms with van der Waals surface area (Å²) in [6.45, 7) is 13.2. The van der Waals surface area contributed by atoms with E-state index >= 15 is 0 Å². The van der Waals surface area contributed by atoms with Crippen LogP contribution >= 0.6 is 0 Å². The van der Waals surface area contributed by atoms with Crippen molar-refractivity contribution in [2.24, 2.45) is 0 Å². The molecule has 0 fully saturated rings. The lowest BCUT2D eigenvalue weighted by atomic mass is 10.1. The Morgan fingerprint density at radius 3 is 1.68 bits per heavy atom. The van der Waals surface area contributed by atoms with Gasteiger partial charge in [-0.25, -0.2) is 13.9 Å². The molecule has 1 rings (SSSR count). The topological polar surface area (TPSA) is 165 Å². The number of unbranched alkanes of at least 4 members (excludes halogenated alkanes) is 4. The Kier molecular flexibility index (Phi) is 21.0. The summed E-state index contributed by atoms with van der Waals surface area (Å²) in [5, 5.41) is 1.81. The SMILES string of the molecule is CCCC[N+](CCCC)(CCCC)CCCC.CS(=O)(=O)O[C@H](CF)[C@H](NC(=O)OCc1ccccc1)C(=O)NS(=O)(=O)O. The van der Waals surface area contributed by atoms with Gasteiger partial charge in [0.2, 0.25) is 0 Å². The van der Waals surface area contributed by atoms with Gasteiger partial charge < -0.3 is 14.5 Å². The summed E-state index contributed by atoms with van der Waals surface area (Å²) < 4.78 is 77.3. The number of halogens is 1. The van der Waals surface area contributed by atoms with Crippen LogP contribution in [0, 0.1) is 0 Å². The van der Waals surface area contributed by atoms with Crippen molar-refractivity contribution in [1.82, 2.24) is 10.0 Å². The molecule has 0 aliphatic rings. The number of alkyl carbamates (subject to hydrolysis) is 1. The number of amides is 2. The van der Waals surface area contributed by atoms with Crippen molar-refractivity contribution in [1.29, 1.82) is 0 Å². The summed E-state index contributed by atoms with van der Waals surface area (Å²) in [5.74, 6) is -1.64. The van der Waals surface area contributed by atoms with Crippen molar-refractivity contribution >= 4 is 32.4 Å². The lowest BCUT2D eigenvalue weighted by Gasteiger charge is -2.39. The number of alkyl halides is 1. The number of carbonyl (C=O) groups is 2. The van der Waals surface area contributed by atoms with Gasteiger partial charge in [-0.05, 0) is 31.2 Å². The van der Waals surface area contributed by atoms with Crippen molar-refractivity contribution in [3.63, 3.8) is 0 Å². The van der Waals surface area contributed by atoms with Crippen molar-refractivity contribution in [2.75, 3.05) is 39.1 Å². The Balaban J connectivity index is 0.000000938. The van der Waals surface area contributed by atoms with E-state index in [1.165, 1.54) is 82.0 Å². The molecule has 3 N–H and O–H groups in total. The molecule has 0 aromatic heterocycles. The normalized spacial score (nSPS) is 13.2. The van der Waals surface area contributed by atoms with E-state index in [1.807, 2.05) is 0 Å². The third kappa shape index (κ3) is 19.8.